The number of allylic oxidation sites excluding steroid dienone is 5. The van der Waals surface area contributed by atoms with Crippen molar-refractivity contribution in [3.8, 4) is 5.75 Å². The van der Waals surface area contributed by atoms with Gasteiger partial charge in [-0.1, -0.05) is 5.57 Å². The summed E-state index contributed by atoms with van der Waals surface area (Å²) >= 11 is 0. The number of ether oxygens (including phenoxy) is 1. The second kappa shape index (κ2) is 7.94. The molecule has 4 heteroatoms. The number of carbonyl (C=O) groups excluding carboxylic acids is 1. The zero-order valence-corrected chi connectivity index (χ0v) is 12.3. The molecule has 0 aliphatic carbocycles. The van der Waals surface area contributed by atoms with E-state index in [0.717, 1.165) is 17.0 Å². The molecule has 1 heterocycles. The third-order valence-corrected chi connectivity index (χ3v) is 2.40. The van der Waals surface area contributed by atoms with E-state index in [4.69, 9.17) is 4.74 Å². The van der Waals surface area contributed by atoms with Crippen molar-refractivity contribution in [1.29, 1.82) is 0 Å². The van der Waals surface area contributed by atoms with Crippen LogP contribution in [0.25, 0.3) is 0 Å². The van der Waals surface area contributed by atoms with E-state index in [9.17, 15) is 4.79 Å². The molecule has 106 valence electrons. The highest BCUT2D eigenvalue weighted by Crippen LogP contribution is 2.16. The fraction of sp³-hybridized carbons (Fsp3) is 0.250. The van der Waals surface area contributed by atoms with E-state index in [1.165, 1.54) is 0 Å². The van der Waals surface area contributed by atoms with Gasteiger partial charge in [-0.05, 0) is 58.1 Å². The summed E-state index contributed by atoms with van der Waals surface area (Å²) in [5.41, 5.74) is 2.64. The molecule has 0 spiro atoms. The van der Waals surface area contributed by atoms with Crippen LogP contribution in [0, 0.1) is 6.92 Å². The molecule has 1 rings (SSSR count). The van der Waals surface area contributed by atoms with E-state index in [0.29, 0.717) is 17.9 Å². The van der Waals surface area contributed by atoms with Crippen LogP contribution < -0.4 is 10.1 Å². The smallest absolute Gasteiger partial charge is 0.211 e. The van der Waals surface area contributed by atoms with Crippen molar-refractivity contribution in [2.45, 2.75) is 27.7 Å². The summed E-state index contributed by atoms with van der Waals surface area (Å²) in [6, 6.07) is 3.69. The number of pyridine rings is 1. The first kappa shape index (κ1) is 15.7. The Kier molecular flexibility index (Phi) is 6.23. The molecule has 0 bridgehead atoms. The van der Waals surface area contributed by atoms with Gasteiger partial charge in [0.15, 0.2) is 0 Å². The number of amides is 1. The van der Waals surface area contributed by atoms with Gasteiger partial charge in [0.2, 0.25) is 6.41 Å². The van der Waals surface area contributed by atoms with Gasteiger partial charge in [-0.25, -0.2) is 0 Å². The first-order valence-electron chi connectivity index (χ1n) is 6.36. The third kappa shape index (κ3) is 5.52. The molecular weight excluding hydrogens is 252 g/mol. The molecule has 0 fully saturated rings. The molecule has 0 aliphatic rings. The first-order chi connectivity index (χ1) is 9.52. The Balaban J connectivity index is 2.84. The van der Waals surface area contributed by atoms with Gasteiger partial charge >= 0.3 is 0 Å². The van der Waals surface area contributed by atoms with Crippen molar-refractivity contribution < 1.29 is 9.53 Å². The molecule has 0 unspecified atom stereocenters. The van der Waals surface area contributed by atoms with Crippen LogP contribution in [0.5, 0.6) is 5.75 Å². The van der Waals surface area contributed by atoms with Crippen molar-refractivity contribution in [3.05, 3.63) is 59.3 Å². The molecule has 4 nitrogen and oxygen atoms in total. The number of aryl methyl sites for hydroxylation is 1. The maximum absolute atomic E-state index is 10.5. The normalized spacial score (nSPS) is 11.8. The molecule has 0 saturated heterocycles. The van der Waals surface area contributed by atoms with Gasteiger partial charge in [0.1, 0.15) is 11.5 Å². The molecule has 0 atom stereocenters. The quantitative estimate of drug-likeness (QED) is 0.491. The lowest BCUT2D eigenvalue weighted by atomic mass is 10.2. The Labute approximate surface area is 119 Å². The van der Waals surface area contributed by atoms with E-state index in [1.54, 1.807) is 18.3 Å². The Morgan fingerprint density at radius 3 is 2.65 bits per heavy atom. The van der Waals surface area contributed by atoms with Crippen LogP contribution in [-0.2, 0) is 4.79 Å². The van der Waals surface area contributed by atoms with Crippen molar-refractivity contribution in [2.75, 3.05) is 0 Å². The van der Waals surface area contributed by atoms with Gasteiger partial charge in [-0.2, -0.15) is 0 Å². The minimum absolute atomic E-state index is 0.653. The zero-order chi connectivity index (χ0) is 15.0. The molecule has 20 heavy (non-hydrogen) atoms. The second-order valence-corrected chi connectivity index (χ2v) is 4.57. The number of aromatic nitrogens is 1. The Hall–Kier alpha value is -2.36. The first-order valence-corrected chi connectivity index (χ1v) is 6.36. The molecule has 0 saturated carbocycles. The monoisotopic (exact) mass is 272 g/mol. The number of rotatable bonds is 6. The van der Waals surface area contributed by atoms with Crippen molar-refractivity contribution in [3.63, 3.8) is 0 Å². The SMILES string of the molecule is CC(C)=C/C(=C\C=C(/C)Oc1cccnc1C)NC=O. The summed E-state index contributed by atoms with van der Waals surface area (Å²) in [6.07, 6.45) is 7.86. The van der Waals surface area contributed by atoms with Crippen LogP contribution in [0.4, 0.5) is 0 Å². The van der Waals surface area contributed by atoms with Crippen LogP contribution >= 0.6 is 0 Å². The van der Waals surface area contributed by atoms with Crippen molar-refractivity contribution in [2.24, 2.45) is 0 Å². The molecular formula is C16H20N2O2. The predicted molar refractivity (Wildman–Crippen MR) is 80.1 cm³/mol. The maximum Gasteiger partial charge on any atom is 0.211 e. The van der Waals surface area contributed by atoms with Gasteiger partial charge in [0.05, 0.1) is 5.69 Å². The minimum atomic E-state index is 0.653. The van der Waals surface area contributed by atoms with E-state index < -0.39 is 0 Å². The Bertz CT molecular complexity index is 553. The summed E-state index contributed by atoms with van der Waals surface area (Å²) in [4.78, 5) is 14.7. The summed E-state index contributed by atoms with van der Waals surface area (Å²) in [7, 11) is 0. The highest BCUT2D eigenvalue weighted by atomic mass is 16.5. The van der Waals surface area contributed by atoms with Crippen LogP contribution in [-0.4, -0.2) is 11.4 Å². The molecule has 1 amide bonds. The Morgan fingerprint density at radius 1 is 1.30 bits per heavy atom. The van der Waals surface area contributed by atoms with Crippen molar-refractivity contribution in [1.82, 2.24) is 10.3 Å². The molecule has 0 aromatic carbocycles. The van der Waals surface area contributed by atoms with Gasteiger partial charge < -0.3 is 10.1 Å². The Morgan fingerprint density at radius 2 is 2.05 bits per heavy atom. The molecule has 1 aromatic rings. The molecule has 1 N–H and O–H groups in total. The molecule has 0 radical (unpaired) electrons. The van der Waals surface area contributed by atoms with Crippen LogP contribution in [0.15, 0.2) is 53.6 Å². The summed E-state index contributed by atoms with van der Waals surface area (Å²) in [5.74, 6) is 1.44. The maximum atomic E-state index is 10.5. The highest BCUT2D eigenvalue weighted by Gasteiger charge is 1.99. The number of carbonyl (C=O) groups is 1. The topological polar surface area (TPSA) is 51.2 Å². The van der Waals surface area contributed by atoms with Gasteiger partial charge in [0.25, 0.3) is 0 Å². The summed E-state index contributed by atoms with van der Waals surface area (Å²) in [5, 5.41) is 2.64. The van der Waals surface area contributed by atoms with Gasteiger partial charge in [0, 0.05) is 11.9 Å². The molecule has 0 aliphatic heterocycles. The standard InChI is InChI=1S/C16H20N2O2/c1-12(2)10-15(18-11-19)8-7-13(3)20-16-6-5-9-17-14(16)4/h5-11H,1-4H3,(H,18,19)/b13-7+,15-8+. The van der Waals surface area contributed by atoms with Crippen LogP contribution in [0.2, 0.25) is 0 Å². The van der Waals surface area contributed by atoms with E-state index in [-0.39, 0.29) is 0 Å². The van der Waals surface area contributed by atoms with Gasteiger partial charge in [-0.3, -0.25) is 9.78 Å². The van der Waals surface area contributed by atoms with E-state index in [2.05, 4.69) is 10.3 Å². The van der Waals surface area contributed by atoms with E-state index in [1.807, 2.05) is 45.9 Å². The minimum Gasteiger partial charge on any atom is -0.460 e. The average molecular weight is 272 g/mol. The lowest BCUT2D eigenvalue weighted by molar-refractivity contribution is -0.108. The summed E-state index contributed by atoms with van der Waals surface area (Å²) in [6.45, 7) is 7.67. The second-order valence-electron chi connectivity index (χ2n) is 4.57. The fourth-order valence-electron chi connectivity index (χ4n) is 1.51. The fourth-order valence-corrected chi connectivity index (χ4v) is 1.51. The highest BCUT2D eigenvalue weighted by molar-refractivity contribution is 5.52. The number of hydrogen-bond donors (Lipinski definition) is 1. The van der Waals surface area contributed by atoms with Crippen LogP contribution in [0.1, 0.15) is 26.5 Å². The van der Waals surface area contributed by atoms with Gasteiger partial charge in [-0.15, -0.1) is 0 Å². The summed E-state index contributed by atoms with van der Waals surface area (Å²) < 4.78 is 5.70. The third-order valence-electron chi connectivity index (χ3n) is 2.40. The van der Waals surface area contributed by atoms with E-state index >= 15 is 0 Å². The predicted octanol–water partition coefficient (Wildman–Crippen LogP) is 3.27. The lowest BCUT2D eigenvalue weighted by Crippen LogP contribution is -2.08. The van der Waals surface area contributed by atoms with Crippen LogP contribution in [0.3, 0.4) is 0 Å². The lowest BCUT2D eigenvalue weighted by Gasteiger charge is -2.07. The molecule has 1 aromatic heterocycles. The number of nitrogens with one attached hydrogen (secondary N) is 1. The average Bonchev–Trinajstić information content (AvgIpc) is 2.38. The number of hydrogen-bond acceptors (Lipinski definition) is 3. The number of nitrogens with zero attached hydrogens (tertiary/aromatic N) is 1. The van der Waals surface area contributed by atoms with Crippen molar-refractivity contribution >= 4 is 6.41 Å². The largest absolute Gasteiger partial charge is 0.460 e. The zero-order valence-electron chi connectivity index (χ0n) is 12.3.